The Hall–Kier alpha value is -1.26. The zero-order chi connectivity index (χ0) is 15.8. The van der Waals surface area contributed by atoms with Crippen molar-refractivity contribution in [2.24, 2.45) is 5.41 Å². The van der Waals surface area contributed by atoms with Gasteiger partial charge < -0.3 is 10.2 Å². The average Bonchev–Trinajstić information content (AvgIpc) is 2.37. The fourth-order valence-electron chi connectivity index (χ4n) is 2.54. The summed E-state index contributed by atoms with van der Waals surface area (Å²) in [5.41, 5.74) is 0.368. The van der Waals surface area contributed by atoms with Gasteiger partial charge >= 0.3 is 0 Å². The maximum Gasteiger partial charge on any atom is 0.243 e. The van der Waals surface area contributed by atoms with Crippen molar-refractivity contribution in [3.63, 3.8) is 0 Å². The van der Waals surface area contributed by atoms with E-state index >= 15 is 0 Å². The Labute approximate surface area is 134 Å². The fourth-order valence-corrected chi connectivity index (χ4v) is 2.92. The molecule has 0 aromatic heterocycles. The summed E-state index contributed by atoms with van der Waals surface area (Å²) in [7, 11) is 0. The van der Waals surface area contributed by atoms with Gasteiger partial charge in [-0.1, -0.05) is 56.1 Å². The van der Waals surface area contributed by atoms with Crippen molar-refractivity contribution in [2.75, 3.05) is 6.54 Å². The molecule has 6 heteroatoms. The quantitative estimate of drug-likeness (QED) is 0.907. The van der Waals surface area contributed by atoms with E-state index in [1.54, 1.807) is 17.0 Å². The number of carbonyl (C=O) groups is 2. The topological polar surface area (TPSA) is 49.4 Å². The van der Waals surface area contributed by atoms with Gasteiger partial charge in [0, 0.05) is 6.54 Å². The summed E-state index contributed by atoms with van der Waals surface area (Å²) in [5.74, 6) is -0.259. The molecule has 2 amide bonds. The normalized spacial score (nSPS) is 19.7. The van der Waals surface area contributed by atoms with Crippen LogP contribution in [0.15, 0.2) is 18.2 Å². The Morgan fingerprint density at radius 2 is 1.95 bits per heavy atom. The predicted octanol–water partition coefficient (Wildman–Crippen LogP) is 2.87. The second kappa shape index (κ2) is 5.85. The highest BCUT2D eigenvalue weighted by atomic mass is 35.5. The van der Waals surface area contributed by atoms with E-state index in [9.17, 15) is 9.59 Å². The molecule has 0 spiro atoms. The lowest BCUT2D eigenvalue weighted by atomic mass is 9.83. The molecule has 0 radical (unpaired) electrons. The fraction of sp³-hybridized carbons (Fsp3) is 0.467. The van der Waals surface area contributed by atoms with Crippen LogP contribution >= 0.6 is 23.2 Å². The summed E-state index contributed by atoms with van der Waals surface area (Å²) >= 11 is 12.2. The molecule has 1 aliphatic rings. The lowest BCUT2D eigenvalue weighted by Gasteiger charge is -2.42. The smallest absolute Gasteiger partial charge is 0.243 e. The first-order chi connectivity index (χ1) is 9.71. The molecule has 114 valence electrons. The molecule has 1 atom stereocenters. The van der Waals surface area contributed by atoms with Crippen molar-refractivity contribution in [1.82, 2.24) is 10.2 Å². The van der Waals surface area contributed by atoms with Crippen LogP contribution in [-0.2, 0) is 16.1 Å². The Bertz CT molecular complexity index is 582. The van der Waals surface area contributed by atoms with Crippen LogP contribution in [0.3, 0.4) is 0 Å². The summed E-state index contributed by atoms with van der Waals surface area (Å²) in [6, 6.07) is 4.76. The highest BCUT2D eigenvalue weighted by Crippen LogP contribution is 2.31. The van der Waals surface area contributed by atoms with Gasteiger partial charge in [-0.2, -0.15) is 0 Å². The lowest BCUT2D eigenvalue weighted by Crippen LogP contribution is -2.62. The molecule has 1 saturated heterocycles. The van der Waals surface area contributed by atoms with E-state index in [4.69, 9.17) is 23.2 Å². The van der Waals surface area contributed by atoms with Gasteiger partial charge in [0.2, 0.25) is 11.8 Å². The molecule has 1 aliphatic heterocycles. The molecular weight excluding hydrogens is 311 g/mol. The third kappa shape index (κ3) is 3.33. The SMILES string of the molecule is CC(C)(C)C1C(=O)NCC(=O)N1Cc1cccc(Cl)c1Cl. The van der Waals surface area contributed by atoms with Crippen LogP contribution in [0.1, 0.15) is 26.3 Å². The highest BCUT2D eigenvalue weighted by Gasteiger charge is 2.42. The van der Waals surface area contributed by atoms with Crippen LogP contribution in [-0.4, -0.2) is 29.3 Å². The van der Waals surface area contributed by atoms with E-state index in [2.05, 4.69) is 5.32 Å². The summed E-state index contributed by atoms with van der Waals surface area (Å²) in [6.45, 7) is 6.09. The minimum Gasteiger partial charge on any atom is -0.345 e. The van der Waals surface area contributed by atoms with E-state index < -0.39 is 6.04 Å². The zero-order valence-electron chi connectivity index (χ0n) is 12.2. The number of piperazine rings is 1. The molecule has 1 N–H and O–H groups in total. The van der Waals surface area contributed by atoms with Gasteiger partial charge in [0.15, 0.2) is 0 Å². The summed E-state index contributed by atoms with van der Waals surface area (Å²) in [6.07, 6.45) is 0. The van der Waals surface area contributed by atoms with Crippen molar-refractivity contribution in [1.29, 1.82) is 0 Å². The van der Waals surface area contributed by atoms with Crippen molar-refractivity contribution in [2.45, 2.75) is 33.4 Å². The minimum absolute atomic E-state index is 0.0175. The number of benzene rings is 1. The summed E-state index contributed by atoms with van der Waals surface area (Å²) < 4.78 is 0. The number of amides is 2. The molecule has 1 fully saturated rings. The third-order valence-corrected chi connectivity index (χ3v) is 4.34. The lowest BCUT2D eigenvalue weighted by molar-refractivity contribution is -0.150. The number of rotatable bonds is 2. The number of hydrogen-bond donors (Lipinski definition) is 1. The first kappa shape index (κ1) is 16.1. The summed E-state index contributed by atoms with van der Waals surface area (Å²) in [4.78, 5) is 26.0. The molecule has 1 heterocycles. The van der Waals surface area contributed by atoms with Crippen molar-refractivity contribution in [3.8, 4) is 0 Å². The largest absolute Gasteiger partial charge is 0.345 e. The maximum absolute atomic E-state index is 12.2. The molecule has 2 rings (SSSR count). The van der Waals surface area contributed by atoms with Gasteiger partial charge in [-0.25, -0.2) is 0 Å². The molecule has 1 unspecified atom stereocenters. The monoisotopic (exact) mass is 328 g/mol. The minimum atomic E-state index is -0.534. The molecule has 1 aromatic rings. The molecule has 4 nitrogen and oxygen atoms in total. The molecule has 1 aromatic carbocycles. The van der Waals surface area contributed by atoms with Gasteiger partial charge in [-0.05, 0) is 17.0 Å². The van der Waals surface area contributed by atoms with Crippen LogP contribution in [0.4, 0.5) is 0 Å². The van der Waals surface area contributed by atoms with Crippen LogP contribution in [0, 0.1) is 5.41 Å². The Balaban J connectivity index is 2.36. The first-order valence-electron chi connectivity index (χ1n) is 6.72. The molecule has 0 saturated carbocycles. The zero-order valence-corrected chi connectivity index (χ0v) is 13.8. The standard InChI is InChI=1S/C15H18Cl2N2O2/c1-15(2,3)13-14(21)18-7-11(20)19(13)8-9-5-4-6-10(16)12(9)17/h4-6,13H,7-8H2,1-3H3,(H,18,21). The Morgan fingerprint density at radius 3 is 2.57 bits per heavy atom. The average molecular weight is 329 g/mol. The maximum atomic E-state index is 12.2. The highest BCUT2D eigenvalue weighted by molar-refractivity contribution is 6.42. The molecular formula is C15H18Cl2N2O2. The first-order valence-corrected chi connectivity index (χ1v) is 7.47. The number of halogens is 2. The van der Waals surface area contributed by atoms with Gasteiger partial charge in [0.25, 0.3) is 0 Å². The van der Waals surface area contributed by atoms with Gasteiger partial charge in [0.1, 0.15) is 6.04 Å². The predicted molar refractivity (Wildman–Crippen MR) is 83.3 cm³/mol. The Kier molecular flexibility index (Phi) is 4.49. The second-order valence-electron chi connectivity index (χ2n) is 6.22. The van der Waals surface area contributed by atoms with Crippen molar-refractivity contribution in [3.05, 3.63) is 33.8 Å². The van der Waals surface area contributed by atoms with Crippen LogP contribution in [0.5, 0.6) is 0 Å². The molecule has 0 aliphatic carbocycles. The van der Waals surface area contributed by atoms with Crippen molar-refractivity contribution < 1.29 is 9.59 Å². The second-order valence-corrected chi connectivity index (χ2v) is 7.01. The van der Waals surface area contributed by atoms with Crippen molar-refractivity contribution >= 4 is 35.0 Å². The molecule has 21 heavy (non-hydrogen) atoms. The van der Waals surface area contributed by atoms with Crippen LogP contribution in [0.25, 0.3) is 0 Å². The van der Waals surface area contributed by atoms with E-state index in [0.29, 0.717) is 10.0 Å². The third-order valence-electron chi connectivity index (χ3n) is 3.49. The van der Waals surface area contributed by atoms with Crippen LogP contribution in [0.2, 0.25) is 10.0 Å². The van der Waals surface area contributed by atoms with E-state index in [0.717, 1.165) is 5.56 Å². The van der Waals surface area contributed by atoms with E-state index in [1.807, 2.05) is 26.8 Å². The number of carbonyl (C=O) groups excluding carboxylic acids is 2. The van der Waals surface area contributed by atoms with Crippen LogP contribution < -0.4 is 5.32 Å². The number of nitrogens with zero attached hydrogens (tertiary/aromatic N) is 1. The van der Waals surface area contributed by atoms with Gasteiger partial charge in [-0.15, -0.1) is 0 Å². The van der Waals surface area contributed by atoms with Gasteiger partial charge in [-0.3, -0.25) is 9.59 Å². The molecule has 0 bridgehead atoms. The number of hydrogen-bond acceptors (Lipinski definition) is 2. The number of nitrogens with one attached hydrogen (secondary N) is 1. The summed E-state index contributed by atoms with van der Waals surface area (Å²) in [5, 5.41) is 3.50. The van der Waals surface area contributed by atoms with E-state index in [-0.39, 0.29) is 30.3 Å². The van der Waals surface area contributed by atoms with Gasteiger partial charge in [0.05, 0.1) is 16.6 Å². The Morgan fingerprint density at radius 1 is 1.29 bits per heavy atom. The van der Waals surface area contributed by atoms with E-state index in [1.165, 1.54) is 0 Å².